The first-order valence-electron chi connectivity index (χ1n) is 7.36. The Morgan fingerprint density at radius 2 is 2.05 bits per heavy atom. The molecule has 0 bridgehead atoms. The van der Waals surface area contributed by atoms with E-state index in [2.05, 4.69) is 17.2 Å². The molecule has 0 aliphatic carbocycles. The minimum Gasteiger partial charge on any atom is -0.486 e. The summed E-state index contributed by atoms with van der Waals surface area (Å²) in [6, 6.07) is 3.97. The summed E-state index contributed by atoms with van der Waals surface area (Å²) in [5, 5.41) is 3.61. The Balaban J connectivity index is 1.82. The Kier molecular flexibility index (Phi) is 2.63. The van der Waals surface area contributed by atoms with Crippen molar-refractivity contribution in [2.75, 3.05) is 19.8 Å². The van der Waals surface area contributed by atoms with E-state index in [9.17, 15) is 0 Å². The van der Waals surface area contributed by atoms with Gasteiger partial charge in [-0.1, -0.05) is 6.92 Å². The highest BCUT2D eigenvalue weighted by Crippen LogP contribution is 2.37. The fraction of sp³-hybridized carbons (Fsp3) is 0.533. The summed E-state index contributed by atoms with van der Waals surface area (Å²) in [6.45, 7) is 4.49. The number of aromatic nitrogens is 2. The van der Waals surface area contributed by atoms with E-state index < -0.39 is 0 Å². The van der Waals surface area contributed by atoms with Crippen LogP contribution in [-0.4, -0.2) is 29.7 Å². The molecule has 4 rings (SSSR count). The molecule has 1 aromatic carbocycles. The van der Waals surface area contributed by atoms with Gasteiger partial charge in [-0.25, -0.2) is 4.98 Å². The lowest BCUT2D eigenvalue weighted by Gasteiger charge is -2.25. The molecule has 0 radical (unpaired) electrons. The monoisotopic (exact) mass is 273 g/mol. The fourth-order valence-electron chi connectivity index (χ4n) is 3.25. The molecule has 0 spiro atoms. The molecular formula is C15H19N3O2. The first kappa shape index (κ1) is 12.0. The van der Waals surface area contributed by atoms with Gasteiger partial charge in [-0.15, -0.1) is 0 Å². The Hall–Kier alpha value is -1.75. The van der Waals surface area contributed by atoms with Crippen molar-refractivity contribution in [3.63, 3.8) is 0 Å². The standard InChI is InChI=1S/C15H19N3O2/c1-2-15(4-3-5-16-15)14-17-10-8-12-13(9-11(10)18-14)20-7-6-19-12/h8-9,16H,2-7H2,1H3,(H,17,18). The number of nitrogens with zero attached hydrogens (tertiary/aromatic N) is 1. The van der Waals surface area contributed by atoms with E-state index in [-0.39, 0.29) is 5.54 Å². The molecule has 1 saturated heterocycles. The second kappa shape index (κ2) is 4.38. The van der Waals surface area contributed by atoms with Crippen LogP contribution in [-0.2, 0) is 5.54 Å². The SMILES string of the molecule is CCC1(c2nc3cc4c(cc3[nH]2)OCCO4)CCCN1. The Labute approximate surface area is 117 Å². The van der Waals surface area contributed by atoms with Crippen molar-refractivity contribution in [3.8, 4) is 11.5 Å². The van der Waals surface area contributed by atoms with E-state index in [1.165, 1.54) is 6.42 Å². The van der Waals surface area contributed by atoms with Crippen LogP contribution in [0.5, 0.6) is 11.5 Å². The summed E-state index contributed by atoms with van der Waals surface area (Å²) < 4.78 is 11.3. The van der Waals surface area contributed by atoms with E-state index in [0.29, 0.717) is 13.2 Å². The maximum Gasteiger partial charge on any atom is 0.163 e. The molecule has 3 heterocycles. The quantitative estimate of drug-likeness (QED) is 0.881. The van der Waals surface area contributed by atoms with Gasteiger partial charge < -0.3 is 19.8 Å². The average molecular weight is 273 g/mol. The molecular weight excluding hydrogens is 254 g/mol. The number of hydrogen-bond acceptors (Lipinski definition) is 4. The number of hydrogen-bond donors (Lipinski definition) is 2. The van der Waals surface area contributed by atoms with Gasteiger partial charge in [0.25, 0.3) is 0 Å². The van der Waals surface area contributed by atoms with Gasteiger partial charge >= 0.3 is 0 Å². The highest BCUT2D eigenvalue weighted by atomic mass is 16.6. The molecule has 106 valence electrons. The molecule has 0 saturated carbocycles. The van der Waals surface area contributed by atoms with Gasteiger partial charge in [-0.05, 0) is 25.8 Å². The molecule has 20 heavy (non-hydrogen) atoms. The van der Waals surface area contributed by atoms with E-state index >= 15 is 0 Å². The third-order valence-electron chi connectivity index (χ3n) is 4.45. The minimum atomic E-state index is 0.00123. The summed E-state index contributed by atoms with van der Waals surface area (Å²) >= 11 is 0. The number of H-pyrrole nitrogens is 1. The summed E-state index contributed by atoms with van der Waals surface area (Å²) in [7, 11) is 0. The topological polar surface area (TPSA) is 59.2 Å². The molecule has 2 N–H and O–H groups in total. The van der Waals surface area contributed by atoms with Crippen molar-refractivity contribution in [3.05, 3.63) is 18.0 Å². The number of benzene rings is 1. The zero-order chi connectivity index (χ0) is 13.6. The molecule has 1 fully saturated rings. The fourth-order valence-corrected chi connectivity index (χ4v) is 3.25. The summed E-state index contributed by atoms with van der Waals surface area (Å²) in [6.07, 6.45) is 3.38. The maximum atomic E-state index is 5.63. The zero-order valence-corrected chi connectivity index (χ0v) is 11.7. The van der Waals surface area contributed by atoms with E-state index in [1.807, 2.05) is 12.1 Å². The van der Waals surface area contributed by atoms with Gasteiger partial charge in [0.15, 0.2) is 11.5 Å². The van der Waals surface area contributed by atoms with Crippen molar-refractivity contribution >= 4 is 11.0 Å². The molecule has 1 unspecified atom stereocenters. The van der Waals surface area contributed by atoms with Crippen molar-refractivity contribution < 1.29 is 9.47 Å². The largest absolute Gasteiger partial charge is 0.486 e. The van der Waals surface area contributed by atoms with Gasteiger partial charge in [-0.2, -0.15) is 0 Å². The minimum absolute atomic E-state index is 0.00123. The molecule has 2 aromatic rings. The molecule has 5 heteroatoms. The Morgan fingerprint density at radius 3 is 2.75 bits per heavy atom. The van der Waals surface area contributed by atoms with Crippen LogP contribution in [0, 0.1) is 0 Å². The van der Waals surface area contributed by atoms with Crippen LogP contribution >= 0.6 is 0 Å². The highest BCUT2D eigenvalue weighted by Gasteiger charge is 2.36. The molecule has 1 atom stereocenters. The van der Waals surface area contributed by atoms with Crippen LogP contribution in [0.4, 0.5) is 0 Å². The predicted molar refractivity (Wildman–Crippen MR) is 76.3 cm³/mol. The second-order valence-corrected chi connectivity index (χ2v) is 5.56. The Morgan fingerprint density at radius 1 is 1.25 bits per heavy atom. The number of ether oxygens (including phenoxy) is 2. The van der Waals surface area contributed by atoms with Crippen molar-refractivity contribution in [2.45, 2.75) is 31.7 Å². The molecule has 0 amide bonds. The lowest BCUT2D eigenvalue weighted by Crippen LogP contribution is -2.37. The van der Waals surface area contributed by atoms with Crippen LogP contribution < -0.4 is 14.8 Å². The smallest absolute Gasteiger partial charge is 0.163 e. The van der Waals surface area contributed by atoms with Crippen LogP contribution in [0.3, 0.4) is 0 Å². The lowest BCUT2D eigenvalue weighted by atomic mass is 9.93. The average Bonchev–Trinajstić information content (AvgIpc) is 3.11. The number of imidazole rings is 1. The number of rotatable bonds is 2. The number of aromatic amines is 1. The first-order chi connectivity index (χ1) is 9.81. The van der Waals surface area contributed by atoms with E-state index in [0.717, 1.165) is 47.7 Å². The number of fused-ring (bicyclic) bond motifs is 2. The first-order valence-corrected chi connectivity index (χ1v) is 7.36. The maximum absolute atomic E-state index is 5.63. The van der Waals surface area contributed by atoms with Gasteiger partial charge in [0.1, 0.15) is 19.0 Å². The summed E-state index contributed by atoms with van der Waals surface area (Å²) in [5.41, 5.74) is 1.97. The third-order valence-corrected chi connectivity index (χ3v) is 4.45. The van der Waals surface area contributed by atoms with E-state index in [1.54, 1.807) is 0 Å². The van der Waals surface area contributed by atoms with Crippen LogP contribution in [0.1, 0.15) is 32.0 Å². The predicted octanol–water partition coefficient (Wildman–Crippen LogP) is 2.32. The second-order valence-electron chi connectivity index (χ2n) is 5.56. The van der Waals surface area contributed by atoms with Crippen LogP contribution in [0.15, 0.2) is 12.1 Å². The Bertz CT molecular complexity index is 601. The van der Waals surface area contributed by atoms with Crippen LogP contribution in [0.25, 0.3) is 11.0 Å². The lowest BCUT2D eigenvalue weighted by molar-refractivity contribution is 0.172. The van der Waals surface area contributed by atoms with Gasteiger partial charge in [-0.3, -0.25) is 0 Å². The van der Waals surface area contributed by atoms with Crippen molar-refractivity contribution in [1.29, 1.82) is 0 Å². The summed E-state index contributed by atoms with van der Waals surface area (Å²) in [4.78, 5) is 8.26. The van der Waals surface area contributed by atoms with Crippen molar-refractivity contribution in [1.82, 2.24) is 15.3 Å². The summed E-state index contributed by atoms with van der Waals surface area (Å²) in [5.74, 6) is 2.64. The highest BCUT2D eigenvalue weighted by molar-refractivity contribution is 5.80. The van der Waals surface area contributed by atoms with Gasteiger partial charge in [0.2, 0.25) is 0 Å². The molecule has 2 aliphatic heterocycles. The van der Waals surface area contributed by atoms with E-state index in [4.69, 9.17) is 14.5 Å². The number of nitrogens with one attached hydrogen (secondary N) is 2. The zero-order valence-electron chi connectivity index (χ0n) is 11.7. The third kappa shape index (κ3) is 1.69. The van der Waals surface area contributed by atoms with Gasteiger partial charge in [0.05, 0.1) is 16.6 Å². The molecule has 5 nitrogen and oxygen atoms in total. The molecule has 2 aliphatic rings. The normalized spacial score (nSPS) is 25.2. The van der Waals surface area contributed by atoms with Crippen LogP contribution in [0.2, 0.25) is 0 Å². The molecule has 1 aromatic heterocycles. The van der Waals surface area contributed by atoms with Gasteiger partial charge in [0, 0.05) is 12.1 Å². The van der Waals surface area contributed by atoms with Crippen molar-refractivity contribution in [2.24, 2.45) is 0 Å².